The summed E-state index contributed by atoms with van der Waals surface area (Å²) in [5, 5.41) is 0. The Morgan fingerprint density at radius 3 is 2.72 bits per heavy atom. The Labute approximate surface area is 111 Å². The molecule has 0 aromatic heterocycles. The molecule has 1 aliphatic rings. The van der Waals surface area contributed by atoms with Crippen LogP contribution in [0.15, 0.2) is 23.8 Å². The molecule has 2 heteroatoms. The van der Waals surface area contributed by atoms with Crippen molar-refractivity contribution in [2.24, 2.45) is 17.3 Å². The summed E-state index contributed by atoms with van der Waals surface area (Å²) in [5.41, 5.74) is 1.68. The molecule has 0 aliphatic heterocycles. The number of esters is 1. The second-order valence-corrected chi connectivity index (χ2v) is 6.08. The number of rotatable bonds is 3. The summed E-state index contributed by atoms with van der Waals surface area (Å²) < 4.78 is 5.13. The van der Waals surface area contributed by atoms with E-state index >= 15 is 0 Å². The fourth-order valence-corrected chi connectivity index (χ4v) is 2.66. The number of allylic oxidation sites excluding steroid dienone is 3. The first-order valence-electron chi connectivity index (χ1n) is 6.77. The van der Waals surface area contributed by atoms with Gasteiger partial charge in [0.15, 0.2) is 0 Å². The van der Waals surface area contributed by atoms with Crippen LogP contribution in [0.3, 0.4) is 0 Å². The van der Waals surface area contributed by atoms with Gasteiger partial charge in [0.25, 0.3) is 0 Å². The van der Waals surface area contributed by atoms with Crippen molar-refractivity contribution in [3.8, 4) is 0 Å². The first kappa shape index (κ1) is 15.0. The highest BCUT2D eigenvalue weighted by molar-refractivity contribution is 5.66. The van der Waals surface area contributed by atoms with Gasteiger partial charge in [-0.15, -0.1) is 0 Å². The summed E-state index contributed by atoms with van der Waals surface area (Å²) in [7, 11) is 0. The lowest BCUT2D eigenvalue weighted by atomic mass is 9.63. The number of hydrogen-bond acceptors (Lipinski definition) is 2. The summed E-state index contributed by atoms with van der Waals surface area (Å²) >= 11 is 0. The van der Waals surface area contributed by atoms with E-state index in [-0.39, 0.29) is 17.5 Å². The molecule has 1 aliphatic carbocycles. The van der Waals surface area contributed by atoms with E-state index in [0.717, 1.165) is 6.42 Å². The van der Waals surface area contributed by atoms with Gasteiger partial charge in [-0.3, -0.25) is 4.79 Å². The molecular formula is C16H26O2. The summed E-state index contributed by atoms with van der Waals surface area (Å²) in [5.74, 6) is 0.870. The van der Waals surface area contributed by atoms with Gasteiger partial charge in [0.2, 0.25) is 0 Å². The van der Waals surface area contributed by atoms with Crippen molar-refractivity contribution in [2.75, 3.05) is 0 Å². The summed E-state index contributed by atoms with van der Waals surface area (Å²) in [6.45, 7) is 12.5. The molecule has 1 rings (SSSR count). The second kappa shape index (κ2) is 5.73. The van der Waals surface area contributed by atoms with Crippen LogP contribution in [0.1, 0.15) is 48.0 Å². The summed E-state index contributed by atoms with van der Waals surface area (Å²) in [6, 6.07) is 0. The van der Waals surface area contributed by atoms with Gasteiger partial charge in [-0.1, -0.05) is 38.5 Å². The lowest BCUT2D eigenvalue weighted by molar-refractivity contribution is -0.143. The Kier molecular flexibility index (Phi) is 4.78. The van der Waals surface area contributed by atoms with Crippen LogP contribution in [0.25, 0.3) is 0 Å². The zero-order valence-electron chi connectivity index (χ0n) is 12.5. The van der Waals surface area contributed by atoms with Crippen LogP contribution in [0.5, 0.6) is 0 Å². The van der Waals surface area contributed by atoms with Crippen LogP contribution in [0.4, 0.5) is 0 Å². The Hall–Kier alpha value is -1.05. The third kappa shape index (κ3) is 3.47. The highest BCUT2D eigenvalue weighted by Gasteiger charge is 2.36. The standard InChI is InChI=1S/C16H26O2/c1-11-7-8-12(2)16(5,6)15(11)10-9-13(3)18-14(4)17/h7,9-10,12-13,15H,8H2,1-6H3/b10-9+/t12-,13+,15-/m1/s1. The summed E-state index contributed by atoms with van der Waals surface area (Å²) in [6.07, 6.45) is 7.55. The zero-order valence-corrected chi connectivity index (χ0v) is 12.5. The van der Waals surface area contributed by atoms with Gasteiger partial charge in [0, 0.05) is 12.8 Å². The van der Waals surface area contributed by atoms with Gasteiger partial charge in [-0.25, -0.2) is 0 Å². The maximum absolute atomic E-state index is 10.9. The van der Waals surface area contributed by atoms with E-state index in [1.54, 1.807) is 0 Å². The van der Waals surface area contributed by atoms with Crippen molar-refractivity contribution in [2.45, 2.75) is 54.1 Å². The third-order valence-corrected chi connectivity index (χ3v) is 4.28. The van der Waals surface area contributed by atoms with Crippen molar-refractivity contribution in [1.29, 1.82) is 0 Å². The van der Waals surface area contributed by atoms with E-state index < -0.39 is 0 Å². The molecule has 0 fully saturated rings. The lowest BCUT2D eigenvalue weighted by Gasteiger charge is -2.42. The molecule has 0 N–H and O–H groups in total. The Morgan fingerprint density at radius 1 is 1.56 bits per heavy atom. The normalized spacial score (nSPS) is 28.9. The predicted octanol–water partition coefficient (Wildman–Crippen LogP) is 4.12. The average molecular weight is 250 g/mol. The molecule has 3 atom stereocenters. The van der Waals surface area contributed by atoms with Crippen molar-refractivity contribution in [3.63, 3.8) is 0 Å². The van der Waals surface area contributed by atoms with Crippen molar-refractivity contribution >= 4 is 5.97 Å². The number of carbonyl (C=O) groups is 1. The predicted molar refractivity (Wildman–Crippen MR) is 75.2 cm³/mol. The SMILES string of the molecule is CC(=O)O[C@@H](C)/C=C/[C@@H]1C(C)=CC[C@@H](C)C1(C)C. The van der Waals surface area contributed by atoms with E-state index in [4.69, 9.17) is 4.74 Å². The molecule has 0 bridgehead atoms. The van der Waals surface area contributed by atoms with Crippen molar-refractivity contribution in [3.05, 3.63) is 23.8 Å². The first-order chi connectivity index (χ1) is 8.25. The van der Waals surface area contributed by atoms with Crippen LogP contribution >= 0.6 is 0 Å². The van der Waals surface area contributed by atoms with Gasteiger partial charge >= 0.3 is 5.97 Å². The minimum absolute atomic E-state index is 0.150. The Bertz CT molecular complexity index is 363. The maximum Gasteiger partial charge on any atom is 0.303 e. The van der Waals surface area contributed by atoms with E-state index in [9.17, 15) is 4.79 Å². The van der Waals surface area contributed by atoms with Gasteiger partial charge in [0.05, 0.1) is 0 Å². The van der Waals surface area contributed by atoms with E-state index in [1.807, 2.05) is 13.0 Å². The van der Waals surface area contributed by atoms with Crippen molar-refractivity contribution < 1.29 is 9.53 Å². The minimum Gasteiger partial charge on any atom is -0.459 e. The molecule has 0 aromatic rings. The monoisotopic (exact) mass is 250 g/mol. The molecule has 0 aromatic carbocycles. The summed E-state index contributed by atoms with van der Waals surface area (Å²) in [4.78, 5) is 10.9. The molecule has 0 spiro atoms. The maximum atomic E-state index is 10.9. The lowest BCUT2D eigenvalue weighted by Crippen LogP contribution is -2.33. The molecule has 0 saturated carbocycles. The highest BCUT2D eigenvalue weighted by atomic mass is 16.5. The number of carbonyl (C=O) groups excluding carboxylic acids is 1. The van der Waals surface area contributed by atoms with Crippen LogP contribution < -0.4 is 0 Å². The average Bonchev–Trinajstić information content (AvgIpc) is 2.22. The largest absolute Gasteiger partial charge is 0.459 e. The second-order valence-electron chi connectivity index (χ2n) is 6.08. The molecule has 102 valence electrons. The van der Waals surface area contributed by atoms with E-state index in [0.29, 0.717) is 11.8 Å². The number of ether oxygens (including phenoxy) is 1. The highest BCUT2D eigenvalue weighted by Crippen LogP contribution is 2.45. The molecular weight excluding hydrogens is 224 g/mol. The smallest absolute Gasteiger partial charge is 0.303 e. The molecule has 0 amide bonds. The quantitative estimate of drug-likeness (QED) is 0.556. The fourth-order valence-electron chi connectivity index (χ4n) is 2.66. The van der Waals surface area contributed by atoms with Gasteiger partial charge in [0.1, 0.15) is 6.10 Å². The van der Waals surface area contributed by atoms with Gasteiger partial charge in [-0.05, 0) is 37.7 Å². The molecule has 2 nitrogen and oxygen atoms in total. The molecule has 0 unspecified atom stereocenters. The van der Waals surface area contributed by atoms with Crippen LogP contribution in [0.2, 0.25) is 0 Å². The van der Waals surface area contributed by atoms with Crippen LogP contribution in [-0.2, 0) is 9.53 Å². The van der Waals surface area contributed by atoms with Crippen LogP contribution in [-0.4, -0.2) is 12.1 Å². The molecule has 0 saturated heterocycles. The minimum atomic E-state index is -0.226. The fraction of sp³-hybridized carbons (Fsp3) is 0.688. The molecule has 0 radical (unpaired) electrons. The van der Waals surface area contributed by atoms with Gasteiger partial charge < -0.3 is 4.74 Å². The topological polar surface area (TPSA) is 26.3 Å². The van der Waals surface area contributed by atoms with E-state index in [1.165, 1.54) is 12.5 Å². The molecule has 18 heavy (non-hydrogen) atoms. The molecule has 0 heterocycles. The zero-order chi connectivity index (χ0) is 13.9. The van der Waals surface area contributed by atoms with Crippen molar-refractivity contribution in [1.82, 2.24) is 0 Å². The first-order valence-corrected chi connectivity index (χ1v) is 6.77. The third-order valence-electron chi connectivity index (χ3n) is 4.28. The Morgan fingerprint density at radius 2 is 2.17 bits per heavy atom. The Balaban J connectivity index is 2.80. The van der Waals surface area contributed by atoms with E-state index in [2.05, 4.69) is 39.8 Å². The number of hydrogen-bond donors (Lipinski definition) is 0. The van der Waals surface area contributed by atoms with Crippen LogP contribution in [0, 0.1) is 17.3 Å². The van der Waals surface area contributed by atoms with Gasteiger partial charge in [-0.2, -0.15) is 0 Å².